The molecule has 0 unspecified atom stereocenters. The highest BCUT2D eigenvalue weighted by Crippen LogP contribution is 2.56. The fraction of sp³-hybridized carbons (Fsp3) is 0.0750. The summed E-state index contributed by atoms with van der Waals surface area (Å²) >= 11 is 0. The zero-order valence-corrected chi connectivity index (χ0v) is 24.5. The highest BCUT2D eigenvalue weighted by atomic mass is 15.2. The van der Waals surface area contributed by atoms with E-state index in [9.17, 15) is 0 Å². The Balaban J connectivity index is 1.48. The van der Waals surface area contributed by atoms with E-state index in [0.29, 0.717) is 17.6 Å². The predicted molar refractivity (Wildman–Crippen MR) is 180 cm³/mol. The van der Waals surface area contributed by atoms with Crippen molar-refractivity contribution in [2.75, 3.05) is 0 Å². The molecule has 0 spiro atoms. The van der Waals surface area contributed by atoms with Crippen LogP contribution in [-0.2, 0) is 5.41 Å². The van der Waals surface area contributed by atoms with Gasteiger partial charge in [-0.3, -0.25) is 4.57 Å². The molecule has 44 heavy (non-hydrogen) atoms. The van der Waals surface area contributed by atoms with E-state index in [4.69, 9.17) is 15.0 Å². The molecule has 2 heterocycles. The Hall–Kier alpha value is -5.61. The van der Waals surface area contributed by atoms with Crippen molar-refractivity contribution in [1.29, 1.82) is 0 Å². The van der Waals surface area contributed by atoms with E-state index in [0.717, 1.165) is 22.2 Å². The van der Waals surface area contributed by atoms with Gasteiger partial charge in [0.15, 0.2) is 11.6 Å². The molecule has 8 aromatic rings. The van der Waals surface area contributed by atoms with Gasteiger partial charge in [0.05, 0.1) is 11.0 Å². The molecule has 0 amide bonds. The fourth-order valence-corrected chi connectivity index (χ4v) is 7.31. The number of aromatic nitrogens is 4. The minimum absolute atomic E-state index is 0.188. The average molecular weight is 565 g/mol. The maximum atomic E-state index is 5.19. The summed E-state index contributed by atoms with van der Waals surface area (Å²) in [6.45, 7) is 4.73. The van der Waals surface area contributed by atoms with Gasteiger partial charge in [0.25, 0.3) is 0 Å². The van der Waals surface area contributed by atoms with Gasteiger partial charge in [-0.25, -0.2) is 4.98 Å². The van der Waals surface area contributed by atoms with E-state index in [1.165, 1.54) is 43.8 Å². The number of nitrogens with zero attached hydrogens (tertiary/aromatic N) is 4. The number of para-hydroxylation sites is 1. The van der Waals surface area contributed by atoms with E-state index < -0.39 is 0 Å². The van der Waals surface area contributed by atoms with E-state index >= 15 is 0 Å². The van der Waals surface area contributed by atoms with Crippen molar-refractivity contribution in [2.45, 2.75) is 19.3 Å². The normalized spacial score (nSPS) is 13.4. The fourth-order valence-electron chi connectivity index (χ4n) is 7.31. The molecule has 1 aliphatic carbocycles. The molecule has 0 radical (unpaired) electrons. The van der Waals surface area contributed by atoms with Crippen LogP contribution in [-0.4, -0.2) is 19.5 Å². The predicted octanol–water partition coefficient (Wildman–Crippen LogP) is 9.76. The number of benzene rings is 6. The number of hydrogen-bond acceptors (Lipinski definition) is 3. The molecule has 208 valence electrons. The third-order valence-corrected chi connectivity index (χ3v) is 9.21. The summed E-state index contributed by atoms with van der Waals surface area (Å²) in [7, 11) is 0. The van der Waals surface area contributed by atoms with Crippen molar-refractivity contribution in [3.63, 3.8) is 0 Å². The Labute approximate surface area is 255 Å². The van der Waals surface area contributed by atoms with Crippen molar-refractivity contribution in [3.05, 3.63) is 145 Å². The zero-order valence-electron chi connectivity index (χ0n) is 24.5. The first-order valence-corrected chi connectivity index (χ1v) is 15.1. The minimum atomic E-state index is -0.188. The highest BCUT2D eigenvalue weighted by molar-refractivity contribution is 6.25. The molecule has 2 aromatic heterocycles. The maximum Gasteiger partial charge on any atom is 0.238 e. The van der Waals surface area contributed by atoms with Crippen LogP contribution in [0.15, 0.2) is 133 Å². The molecule has 0 fully saturated rings. The van der Waals surface area contributed by atoms with Crippen LogP contribution in [0.4, 0.5) is 0 Å². The highest BCUT2D eigenvalue weighted by Gasteiger charge is 2.39. The lowest BCUT2D eigenvalue weighted by molar-refractivity contribution is 0.667. The number of fused-ring (bicyclic) bond motifs is 10. The number of hydrogen-bond donors (Lipinski definition) is 0. The summed E-state index contributed by atoms with van der Waals surface area (Å²) in [6, 6.07) is 46.8. The molecule has 1 aliphatic rings. The smallest absolute Gasteiger partial charge is 0.238 e. The molecular formula is C40H28N4. The van der Waals surface area contributed by atoms with E-state index in [1.807, 2.05) is 36.4 Å². The van der Waals surface area contributed by atoms with Crippen molar-refractivity contribution < 1.29 is 0 Å². The molecule has 0 bridgehead atoms. The minimum Gasteiger partial charge on any atom is -0.277 e. The maximum absolute atomic E-state index is 5.19. The molecule has 4 heteroatoms. The molecule has 0 saturated carbocycles. The van der Waals surface area contributed by atoms with Gasteiger partial charge in [-0.2, -0.15) is 9.97 Å². The van der Waals surface area contributed by atoms with Crippen molar-refractivity contribution in [1.82, 2.24) is 19.5 Å². The standard InChI is InChI=1S/C40H28N4/c1-40(2)31-23-13-11-21-29(31)33-27-19-9-10-20-28(27)36-34(35(33)40)30-22-12-14-24-32(30)44(36)39-42-37(25-15-5-3-6-16-25)41-38(43-39)26-17-7-4-8-18-26/h3-24H,1-2H3. The quantitative estimate of drug-likeness (QED) is 0.215. The van der Waals surface area contributed by atoms with Crippen LogP contribution in [0.25, 0.3) is 72.4 Å². The zero-order chi connectivity index (χ0) is 29.4. The Bertz CT molecular complexity index is 2350. The van der Waals surface area contributed by atoms with Gasteiger partial charge < -0.3 is 0 Å². The van der Waals surface area contributed by atoms with Crippen LogP contribution in [0.5, 0.6) is 0 Å². The third kappa shape index (κ3) is 3.42. The molecule has 0 N–H and O–H groups in total. The van der Waals surface area contributed by atoms with Crippen LogP contribution >= 0.6 is 0 Å². The first kappa shape index (κ1) is 24.9. The van der Waals surface area contributed by atoms with Gasteiger partial charge in [0, 0.05) is 32.7 Å². The van der Waals surface area contributed by atoms with E-state index in [1.54, 1.807) is 0 Å². The van der Waals surface area contributed by atoms with Crippen molar-refractivity contribution in [3.8, 4) is 39.9 Å². The molecule has 0 atom stereocenters. The molecule has 0 aliphatic heterocycles. The monoisotopic (exact) mass is 564 g/mol. The van der Waals surface area contributed by atoms with Gasteiger partial charge in [-0.1, -0.05) is 141 Å². The van der Waals surface area contributed by atoms with Crippen molar-refractivity contribution in [2.24, 2.45) is 0 Å². The summed E-state index contributed by atoms with van der Waals surface area (Å²) in [5, 5.41) is 4.90. The second-order valence-corrected chi connectivity index (χ2v) is 12.1. The van der Waals surface area contributed by atoms with E-state index in [-0.39, 0.29) is 5.41 Å². The number of rotatable bonds is 3. The summed E-state index contributed by atoms with van der Waals surface area (Å²) in [5.41, 5.74) is 9.32. The molecule has 4 nitrogen and oxygen atoms in total. The van der Waals surface area contributed by atoms with Gasteiger partial charge in [-0.05, 0) is 33.7 Å². The van der Waals surface area contributed by atoms with Gasteiger partial charge >= 0.3 is 0 Å². The topological polar surface area (TPSA) is 43.6 Å². The molecule has 9 rings (SSSR count). The Kier molecular flexibility index (Phi) is 5.21. The van der Waals surface area contributed by atoms with Crippen LogP contribution in [0.1, 0.15) is 25.0 Å². The van der Waals surface area contributed by atoms with E-state index in [2.05, 4.69) is 115 Å². The molecule has 0 saturated heterocycles. The first-order valence-electron chi connectivity index (χ1n) is 15.1. The lowest BCUT2D eigenvalue weighted by atomic mass is 9.79. The van der Waals surface area contributed by atoms with Crippen LogP contribution in [0.3, 0.4) is 0 Å². The second kappa shape index (κ2) is 9.19. The molecular weight excluding hydrogens is 536 g/mol. The Morgan fingerprint density at radius 3 is 1.75 bits per heavy atom. The largest absolute Gasteiger partial charge is 0.277 e. The third-order valence-electron chi connectivity index (χ3n) is 9.21. The first-order chi connectivity index (χ1) is 21.6. The van der Waals surface area contributed by atoms with Gasteiger partial charge in [-0.15, -0.1) is 0 Å². The second-order valence-electron chi connectivity index (χ2n) is 12.1. The van der Waals surface area contributed by atoms with Crippen LogP contribution < -0.4 is 0 Å². The van der Waals surface area contributed by atoms with Gasteiger partial charge in [0.1, 0.15) is 0 Å². The van der Waals surface area contributed by atoms with Crippen LogP contribution in [0.2, 0.25) is 0 Å². The summed E-state index contributed by atoms with van der Waals surface area (Å²) in [4.78, 5) is 15.4. The Morgan fingerprint density at radius 2 is 1.07 bits per heavy atom. The Morgan fingerprint density at radius 1 is 0.523 bits per heavy atom. The summed E-state index contributed by atoms with van der Waals surface area (Å²) in [6.07, 6.45) is 0. The lowest BCUT2D eigenvalue weighted by Gasteiger charge is -2.23. The van der Waals surface area contributed by atoms with Crippen molar-refractivity contribution >= 4 is 32.6 Å². The van der Waals surface area contributed by atoms with Gasteiger partial charge in [0.2, 0.25) is 5.95 Å². The average Bonchev–Trinajstić information content (AvgIpc) is 3.55. The lowest BCUT2D eigenvalue weighted by Crippen LogP contribution is -2.15. The van der Waals surface area contributed by atoms with Crippen LogP contribution in [0, 0.1) is 0 Å². The summed E-state index contributed by atoms with van der Waals surface area (Å²) < 4.78 is 2.27. The SMILES string of the molecule is CC1(C)c2ccccc2-c2c1c1c3ccccc3n(-c3nc(-c4ccccc4)nc(-c4ccccc4)n3)c1c1ccccc21. The molecule has 6 aromatic carbocycles. The summed E-state index contributed by atoms with van der Waals surface area (Å²) in [5.74, 6) is 1.92.